The summed E-state index contributed by atoms with van der Waals surface area (Å²) in [7, 11) is 1.57. The molecular formula is C18H14ClFO2. The Labute approximate surface area is 133 Å². The molecule has 2 aromatic carbocycles. The lowest BCUT2D eigenvalue weighted by Crippen LogP contribution is -2.06. The second-order valence-electron chi connectivity index (χ2n) is 4.89. The van der Waals surface area contributed by atoms with Crippen molar-refractivity contribution >= 4 is 22.9 Å². The third-order valence-corrected chi connectivity index (χ3v) is 3.91. The van der Waals surface area contributed by atoms with Crippen LogP contribution in [-0.4, -0.2) is 13.7 Å². The van der Waals surface area contributed by atoms with Crippen LogP contribution >= 0.6 is 11.6 Å². The van der Waals surface area contributed by atoms with Gasteiger partial charge in [-0.1, -0.05) is 18.2 Å². The summed E-state index contributed by atoms with van der Waals surface area (Å²) in [6, 6.07) is 9.97. The van der Waals surface area contributed by atoms with Gasteiger partial charge < -0.3 is 9.47 Å². The predicted octanol–water partition coefficient (Wildman–Crippen LogP) is 4.92. The lowest BCUT2D eigenvalue weighted by molar-refractivity contribution is 0.356. The van der Waals surface area contributed by atoms with Gasteiger partial charge in [-0.05, 0) is 48.0 Å². The number of rotatable bonds is 3. The lowest BCUT2D eigenvalue weighted by atomic mass is 9.93. The van der Waals surface area contributed by atoms with E-state index >= 15 is 0 Å². The highest BCUT2D eigenvalue weighted by molar-refractivity contribution is 6.32. The van der Waals surface area contributed by atoms with Gasteiger partial charge in [0.2, 0.25) is 0 Å². The highest BCUT2D eigenvalue weighted by atomic mass is 35.5. The average Bonchev–Trinajstić information content (AvgIpc) is 2.55. The zero-order valence-electron chi connectivity index (χ0n) is 12.0. The molecular weight excluding hydrogens is 303 g/mol. The van der Waals surface area contributed by atoms with E-state index in [0.29, 0.717) is 23.0 Å². The van der Waals surface area contributed by atoms with Crippen molar-refractivity contribution in [3.8, 4) is 5.75 Å². The maximum Gasteiger partial charge on any atom is 0.127 e. The highest BCUT2D eigenvalue weighted by Gasteiger charge is 2.19. The Morgan fingerprint density at radius 1 is 1.23 bits per heavy atom. The predicted molar refractivity (Wildman–Crippen MR) is 86.5 cm³/mol. The van der Waals surface area contributed by atoms with Crippen molar-refractivity contribution in [1.82, 2.24) is 0 Å². The van der Waals surface area contributed by atoms with Crippen molar-refractivity contribution in [2.24, 2.45) is 0 Å². The van der Waals surface area contributed by atoms with Gasteiger partial charge >= 0.3 is 0 Å². The summed E-state index contributed by atoms with van der Waals surface area (Å²) in [6.07, 6.45) is 1.89. The second kappa shape index (κ2) is 5.85. The highest BCUT2D eigenvalue weighted by Crippen LogP contribution is 2.38. The number of methoxy groups -OCH3 is 1. The Balaban J connectivity index is 2.14. The van der Waals surface area contributed by atoms with Gasteiger partial charge in [-0.25, -0.2) is 4.39 Å². The summed E-state index contributed by atoms with van der Waals surface area (Å²) in [5, 5.41) is 0.497. The molecule has 0 spiro atoms. The Hall–Kier alpha value is -2.26. The van der Waals surface area contributed by atoms with E-state index in [1.807, 2.05) is 24.3 Å². The van der Waals surface area contributed by atoms with Gasteiger partial charge in [0.1, 0.15) is 23.9 Å². The molecule has 0 radical (unpaired) electrons. The largest absolute Gasteiger partial charge is 0.497 e. The van der Waals surface area contributed by atoms with E-state index in [-0.39, 0.29) is 5.82 Å². The summed E-state index contributed by atoms with van der Waals surface area (Å²) >= 11 is 6.24. The second-order valence-corrected chi connectivity index (χ2v) is 5.30. The molecule has 0 bridgehead atoms. The van der Waals surface area contributed by atoms with E-state index in [1.54, 1.807) is 13.2 Å². The van der Waals surface area contributed by atoms with Gasteiger partial charge in [0.25, 0.3) is 0 Å². The van der Waals surface area contributed by atoms with E-state index in [0.717, 1.165) is 22.4 Å². The summed E-state index contributed by atoms with van der Waals surface area (Å²) in [6.45, 7) is 4.27. The first kappa shape index (κ1) is 14.7. The van der Waals surface area contributed by atoms with E-state index in [9.17, 15) is 4.39 Å². The maximum absolute atomic E-state index is 13.6. The molecule has 0 saturated carbocycles. The summed E-state index contributed by atoms with van der Waals surface area (Å²) < 4.78 is 24.4. The fourth-order valence-electron chi connectivity index (χ4n) is 2.44. The molecule has 0 aliphatic carbocycles. The fraction of sp³-hybridized carbons (Fsp3) is 0.111. The molecule has 0 amide bonds. The summed E-state index contributed by atoms with van der Waals surface area (Å²) in [5.41, 5.74) is 3.17. The number of benzene rings is 2. The first-order chi connectivity index (χ1) is 10.6. The maximum atomic E-state index is 13.6. The van der Waals surface area contributed by atoms with Crippen LogP contribution < -0.4 is 4.74 Å². The lowest BCUT2D eigenvalue weighted by Gasteiger charge is -2.21. The van der Waals surface area contributed by atoms with Crippen LogP contribution in [0.5, 0.6) is 5.75 Å². The number of ether oxygens (including phenoxy) is 2. The van der Waals surface area contributed by atoms with E-state index < -0.39 is 0 Å². The first-order valence-electron chi connectivity index (χ1n) is 6.76. The molecule has 112 valence electrons. The third-order valence-electron chi connectivity index (χ3n) is 3.58. The van der Waals surface area contributed by atoms with Crippen molar-refractivity contribution < 1.29 is 13.9 Å². The number of hydrogen-bond acceptors (Lipinski definition) is 2. The van der Waals surface area contributed by atoms with Crippen LogP contribution in [0.4, 0.5) is 4.39 Å². The molecule has 0 aromatic heterocycles. The van der Waals surface area contributed by atoms with E-state index in [4.69, 9.17) is 21.1 Å². The van der Waals surface area contributed by atoms with Gasteiger partial charge in [0, 0.05) is 21.7 Å². The van der Waals surface area contributed by atoms with Crippen LogP contribution in [0, 0.1) is 5.82 Å². The number of fused-ring (bicyclic) bond motifs is 1. The van der Waals surface area contributed by atoms with Crippen molar-refractivity contribution in [2.45, 2.75) is 0 Å². The van der Waals surface area contributed by atoms with Crippen molar-refractivity contribution in [3.63, 3.8) is 0 Å². The van der Waals surface area contributed by atoms with Crippen LogP contribution in [0.2, 0.25) is 5.02 Å². The molecule has 2 nitrogen and oxygen atoms in total. The van der Waals surface area contributed by atoms with Crippen LogP contribution in [-0.2, 0) is 4.74 Å². The van der Waals surface area contributed by atoms with Crippen LogP contribution in [0.1, 0.15) is 16.7 Å². The molecule has 4 heteroatoms. The summed E-state index contributed by atoms with van der Waals surface area (Å²) in [4.78, 5) is 0. The Bertz CT molecular complexity index is 781. The van der Waals surface area contributed by atoms with Gasteiger partial charge in [0.05, 0.1) is 7.11 Å². The van der Waals surface area contributed by atoms with E-state index in [2.05, 4.69) is 6.58 Å². The molecule has 1 aliphatic heterocycles. The van der Waals surface area contributed by atoms with Gasteiger partial charge in [-0.3, -0.25) is 0 Å². The molecule has 1 aliphatic rings. The van der Waals surface area contributed by atoms with Crippen LogP contribution in [0.25, 0.3) is 11.3 Å². The molecule has 0 unspecified atom stereocenters. The Morgan fingerprint density at radius 3 is 2.82 bits per heavy atom. The minimum absolute atomic E-state index is 0.328. The molecule has 0 atom stereocenters. The molecule has 1 heterocycles. The normalized spacial score (nSPS) is 13.0. The first-order valence-corrected chi connectivity index (χ1v) is 7.14. The van der Waals surface area contributed by atoms with Crippen molar-refractivity contribution in [3.05, 3.63) is 76.6 Å². The molecule has 0 fully saturated rings. The topological polar surface area (TPSA) is 18.5 Å². The summed E-state index contributed by atoms with van der Waals surface area (Å²) in [5.74, 6) is 0.953. The standard InChI is InChI=1S/C18H14ClFO2/c1-11(21-2)12-3-6-18-16(9-12)14(7-8-22-18)15-10-13(20)4-5-17(15)19/h3-7,9-10H,1,8H2,2H3. The Morgan fingerprint density at radius 2 is 2.05 bits per heavy atom. The molecule has 0 N–H and O–H groups in total. The number of halogens is 2. The average molecular weight is 317 g/mol. The fourth-order valence-corrected chi connectivity index (χ4v) is 2.66. The Kier molecular flexibility index (Phi) is 3.90. The van der Waals surface area contributed by atoms with Crippen molar-refractivity contribution in [2.75, 3.05) is 13.7 Å². The molecule has 0 saturated heterocycles. The number of hydrogen-bond donors (Lipinski definition) is 0. The van der Waals surface area contributed by atoms with Crippen LogP contribution in [0.3, 0.4) is 0 Å². The minimum Gasteiger partial charge on any atom is -0.497 e. The van der Waals surface area contributed by atoms with Gasteiger partial charge in [0.15, 0.2) is 0 Å². The van der Waals surface area contributed by atoms with E-state index in [1.165, 1.54) is 12.1 Å². The zero-order valence-corrected chi connectivity index (χ0v) is 12.8. The third kappa shape index (κ3) is 2.60. The minimum atomic E-state index is -0.328. The van der Waals surface area contributed by atoms with Crippen molar-refractivity contribution in [1.29, 1.82) is 0 Å². The molecule has 3 rings (SSSR count). The SMILES string of the molecule is C=C(OC)c1ccc2c(c1)C(c1cc(F)ccc1Cl)=CCO2. The quantitative estimate of drug-likeness (QED) is 0.748. The monoisotopic (exact) mass is 316 g/mol. The van der Waals surface area contributed by atoms with Gasteiger partial charge in [-0.2, -0.15) is 0 Å². The van der Waals surface area contributed by atoms with Crippen LogP contribution in [0.15, 0.2) is 49.1 Å². The van der Waals surface area contributed by atoms with Gasteiger partial charge in [-0.15, -0.1) is 0 Å². The smallest absolute Gasteiger partial charge is 0.127 e. The zero-order chi connectivity index (χ0) is 15.7. The molecule has 22 heavy (non-hydrogen) atoms. The molecule has 2 aromatic rings.